The number of hydrogen-bond donors (Lipinski definition) is 2. The number of halogens is 3. The predicted molar refractivity (Wildman–Crippen MR) is 109 cm³/mol. The lowest BCUT2D eigenvalue weighted by molar-refractivity contribution is -0.192. The maximum Gasteiger partial charge on any atom is 0.490 e. The number of nitrogens with zero attached hydrogens (tertiary/aromatic N) is 2. The highest BCUT2D eigenvalue weighted by molar-refractivity contribution is 5.87. The van der Waals surface area contributed by atoms with Crippen LogP contribution in [0.4, 0.5) is 18.9 Å². The second-order valence-corrected chi connectivity index (χ2v) is 8.08. The molecule has 1 aliphatic heterocycles. The molecule has 1 saturated heterocycles. The molecule has 3 N–H and O–H groups in total. The zero-order valence-corrected chi connectivity index (χ0v) is 16.9. The molecule has 1 aromatic heterocycles. The Morgan fingerprint density at radius 1 is 1.20 bits per heavy atom. The Labute approximate surface area is 172 Å². The number of carbonyl (C=O) groups is 1. The highest BCUT2D eigenvalue weighted by atomic mass is 19.4. The van der Waals surface area contributed by atoms with Gasteiger partial charge in [0.05, 0.1) is 5.52 Å². The molecule has 0 radical (unpaired) electrons. The first-order chi connectivity index (χ1) is 14.0. The number of fused-ring (bicyclic) bond motifs is 1. The van der Waals surface area contributed by atoms with Crippen LogP contribution in [0.2, 0.25) is 0 Å². The zero-order valence-electron chi connectivity index (χ0n) is 16.9. The molecular weight excluding hydrogens is 399 g/mol. The van der Waals surface area contributed by atoms with Gasteiger partial charge in [0.2, 0.25) is 0 Å². The summed E-state index contributed by atoms with van der Waals surface area (Å²) < 4.78 is 33.8. The van der Waals surface area contributed by atoms with E-state index in [0.29, 0.717) is 12.0 Å². The van der Waals surface area contributed by atoms with E-state index in [2.05, 4.69) is 30.9 Å². The van der Waals surface area contributed by atoms with Crippen LogP contribution in [0.1, 0.15) is 37.8 Å². The standard InChI is InChI=1S/C19H25N3O.C2HF3O2/c1-12-17(21-10-9-15(11-21)13(2)20)7-3-14-4-8-18(23)22(19(12)14)16-5-6-16;3-2(4,5)1(6)7/h3-4,7-8,13,15-16H,5-6,9-11,20H2,1-2H3;(H,6,7)/t13-,15+;/m0./s1. The van der Waals surface area contributed by atoms with Gasteiger partial charge < -0.3 is 20.3 Å². The second kappa shape index (κ2) is 8.29. The van der Waals surface area contributed by atoms with E-state index >= 15 is 0 Å². The molecule has 0 spiro atoms. The van der Waals surface area contributed by atoms with Gasteiger partial charge >= 0.3 is 12.1 Å². The Morgan fingerprint density at radius 3 is 2.30 bits per heavy atom. The number of carboxylic acids is 1. The van der Waals surface area contributed by atoms with Crippen molar-refractivity contribution in [2.75, 3.05) is 18.0 Å². The molecule has 2 atom stereocenters. The molecule has 6 nitrogen and oxygen atoms in total. The predicted octanol–water partition coefficient (Wildman–Crippen LogP) is 3.45. The minimum absolute atomic E-state index is 0.134. The third-order valence-corrected chi connectivity index (χ3v) is 5.78. The molecule has 2 fully saturated rings. The molecule has 1 saturated carbocycles. The number of aliphatic carboxylic acids is 1. The molecule has 0 unspecified atom stereocenters. The number of carboxylic acid groups (broad SMARTS) is 1. The van der Waals surface area contributed by atoms with Crippen LogP contribution in [0.5, 0.6) is 0 Å². The van der Waals surface area contributed by atoms with Crippen molar-refractivity contribution < 1.29 is 23.1 Å². The van der Waals surface area contributed by atoms with Crippen molar-refractivity contribution in [1.29, 1.82) is 0 Å². The van der Waals surface area contributed by atoms with Crippen molar-refractivity contribution in [3.63, 3.8) is 0 Å². The number of rotatable bonds is 3. The fraction of sp³-hybridized carbons (Fsp3) is 0.524. The van der Waals surface area contributed by atoms with Gasteiger partial charge in [-0.05, 0) is 62.1 Å². The molecule has 164 valence electrons. The highest BCUT2D eigenvalue weighted by Gasteiger charge is 2.38. The third-order valence-electron chi connectivity index (χ3n) is 5.78. The maximum absolute atomic E-state index is 12.4. The Bertz CT molecular complexity index is 997. The summed E-state index contributed by atoms with van der Waals surface area (Å²) in [7, 11) is 0. The largest absolute Gasteiger partial charge is 0.490 e. The van der Waals surface area contributed by atoms with Crippen LogP contribution in [-0.2, 0) is 4.79 Å². The molecular formula is C21H26F3N3O3. The molecule has 4 rings (SSSR count). The molecule has 1 aliphatic carbocycles. The maximum atomic E-state index is 12.4. The van der Waals surface area contributed by atoms with Crippen LogP contribution >= 0.6 is 0 Å². The van der Waals surface area contributed by atoms with E-state index in [1.54, 1.807) is 6.07 Å². The van der Waals surface area contributed by atoms with Gasteiger partial charge in [0.15, 0.2) is 0 Å². The van der Waals surface area contributed by atoms with Crippen molar-refractivity contribution in [3.8, 4) is 0 Å². The van der Waals surface area contributed by atoms with Gasteiger partial charge in [0, 0.05) is 36.9 Å². The SMILES string of the molecule is Cc1c(N2CC[C@@H]([C@H](C)N)C2)ccc2ccc(=O)n(C3CC3)c12.O=C(O)C(F)(F)F. The van der Waals surface area contributed by atoms with Gasteiger partial charge in [0.1, 0.15) is 0 Å². The first-order valence-corrected chi connectivity index (χ1v) is 9.96. The molecule has 1 aromatic carbocycles. The summed E-state index contributed by atoms with van der Waals surface area (Å²) >= 11 is 0. The van der Waals surface area contributed by atoms with Gasteiger partial charge in [-0.25, -0.2) is 4.79 Å². The summed E-state index contributed by atoms with van der Waals surface area (Å²) in [6, 6.07) is 8.68. The van der Waals surface area contributed by atoms with Crippen molar-refractivity contribution in [2.45, 2.75) is 51.4 Å². The third kappa shape index (κ3) is 4.61. The Balaban J connectivity index is 0.000000318. The first kappa shape index (κ1) is 22.1. The molecule has 2 aliphatic rings. The van der Waals surface area contributed by atoms with E-state index in [1.165, 1.54) is 16.6 Å². The topological polar surface area (TPSA) is 88.6 Å². The minimum Gasteiger partial charge on any atom is -0.475 e. The number of anilines is 1. The van der Waals surface area contributed by atoms with E-state index in [-0.39, 0.29) is 11.6 Å². The summed E-state index contributed by atoms with van der Waals surface area (Å²) in [6.07, 6.45) is -1.68. The highest BCUT2D eigenvalue weighted by Crippen LogP contribution is 2.38. The van der Waals surface area contributed by atoms with Crippen LogP contribution in [-0.4, -0.2) is 41.0 Å². The van der Waals surface area contributed by atoms with Crippen molar-refractivity contribution in [1.82, 2.24) is 4.57 Å². The molecule has 2 heterocycles. The van der Waals surface area contributed by atoms with Crippen LogP contribution in [0.15, 0.2) is 29.1 Å². The molecule has 0 bridgehead atoms. The normalized spacial score (nSPS) is 20.1. The van der Waals surface area contributed by atoms with Crippen LogP contribution in [0, 0.1) is 12.8 Å². The zero-order chi connectivity index (χ0) is 22.2. The quantitative estimate of drug-likeness (QED) is 0.786. The van der Waals surface area contributed by atoms with E-state index < -0.39 is 12.1 Å². The Hall–Kier alpha value is -2.55. The molecule has 9 heteroatoms. The number of aryl methyl sites for hydroxylation is 1. The number of benzene rings is 1. The number of hydrogen-bond acceptors (Lipinski definition) is 4. The number of pyridine rings is 1. The average Bonchev–Trinajstić information content (AvgIpc) is 3.37. The lowest BCUT2D eigenvalue weighted by Gasteiger charge is -2.24. The van der Waals surface area contributed by atoms with Gasteiger partial charge in [0.25, 0.3) is 5.56 Å². The van der Waals surface area contributed by atoms with Crippen molar-refractivity contribution in [3.05, 3.63) is 40.2 Å². The molecule has 30 heavy (non-hydrogen) atoms. The van der Waals surface area contributed by atoms with Crippen LogP contribution < -0.4 is 16.2 Å². The second-order valence-electron chi connectivity index (χ2n) is 8.08. The minimum atomic E-state index is -5.08. The van der Waals surface area contributed by atoms with Crippen LogP contribution in [0.25, 0.3) is 10.9 Å². The lowest BCUT2D eigenvalue weighted by atomic mass is 10.0. The van der Waals surface area contributed by atoms with Gasteiger partial charge in [-0.15, -0.1) is 0 Å². The van der Waals surface area contributed by atoms with E-state index in [1.807, 2.05) is 10.6 Å². The summed E-state index contributed by atoms with van der Waals surface area (Å²) in [5, 5.41) is 8.29. The van der Waals surface area contributed by atoms with Crippen LogP contribution in [0.3, 0.4) is 0 Å². The van der Waals surface area contributed by atoms with Gasteiger partial charge in [-0.2, -0.15) is 13.2 Å². The monoisotopic (exact) mass is 425 g/mol. The summed E-state index contributed by atoms with van der Waals surface area (Å²) in [5.74, 6) is -2.20. The Kier molecular flexibility index (Phi) is 6.12. The summed E-state index contributed by atoms with van der Waals surface area (Å²) in [5.41, 5.74) is 9.85. The van der Waals surface area contributed by atoms with E-state index in [9.17, 15) is 18.0 Å². The van der Waals surface area contributed by atoms with Gasteiger partial charge in [-0.1, -0.05) is 6.07 Å². The Morgan fingerprint density at radius 2 is 1.80 bits per heavy atom. The summed E-state index contributed by atoms with van der Waals surface area (Å²) in [4.78, 5) is 23.7. The van der Waals surface area contributed by atoms with Crippen molar-refractivity contribution >= 4 is 22.6 Å². The fourth-order valence-corrected chi connectivity index (χ4v) is 3.99. The first-order valence-electron chi connectivity index (χ1n) is 9.96. The van der Waals surface area contributed by atoms with Gasteiger partial charge in [-0.3, -0.25) is 4.79 Å². The smallest absolute Gasteiger partial charge is 0.475 e. The van der Waals surface area contributed by atoms with Crippen molar-refractivity contribution in [2.24, 2.45) is 11.7 Å². The van der Waals surface area contributed by atoms with E-state index in [4.69, 9.17) is 15.6 Å². The molecule has 2 aromatic rings. The number of nitrogens with two attached hydrogens (primary N) is 1. The summed E-state index contributed by atoms with van der Waals surface area (Å²) in [6.45, 7) is 6.34. The number of aromatic nitrogens is 1. The fourth-order valence-electron chi connectivity index (χ4n) is 3.99. The van der Waals surface area contributed by atoms with E-state index in [0.717, 1.165) is 37.9 Å². The number of alkyl halides is 3. The molecule has 0 amide bonds. The average molecular weight is 425 g/mol. The lowest BCUT2D eigenvalue weighted by Crippen LogP contribution is -2.30.